The van der Waals surface area contributed by atoms with Crippen molar-refractivity contribution < 1.29 is 0 Å². The minimum atomic E-state index is -0.107. The van der Waals surface area contributed by atoms with Gasteiger partial charge in [0.05, 0.1) is 0 Å². The molecule has 0 radical (unpaired) electrons. The third-order valence-corrected chi connectivity index (χ3v) is 7.53. The van der Waals surface area contributed by atoms with Crippen LogP contribution in [0.2, 0.25) is 0 Å². The van der Waals surface area contributed by atoms with E-state index in [0.29, 0.717) is 11.1 Å². The smallest absolute Gasteiger partial charge is 0.138 e. The van der Waals surface area contributed by atoms with Gasteiger partial charge in [-0.25, -0.2) is 0 Å². The second kappa shape index (κ2) is 8.32. The van der Waals surface area contributed by atoms with E-state index in [9.17, 15) is 21.0 Å². The maximum absolute atomic E-state index is 9.89. The molecule has 0 atom stereocenters. The number of rotatable bonds is 0. The van der Waals surface area contributed by atoms with Gasteiger partial charge in [-0.15, -0.1) is 0 Å². The Morgan fingerprint density at radius 2 is 0.763 bits per heavy atom. The molecule has 2 aliphatic rings. The molecule has 182 valence electrons. The van der Waals surface area contributed by atoms with Gasteiger partial charge in [0.25, 0.3) is 0 Å². The van der Waals surface area contributed by atoms with Crippen molar-refractivity contribution in [2.45, 2.75) is 52.4 Å². The van der Waals surface area contributed by atoms with Crippen molar-refractivity contribution >= 4 is 11.1 Å². The second-order valence-corrected chi connectivity index (χ2v) is 11.9. The maximum atomic E-state index is 9.89. The van der Waals surface area contributed by atoms with Crippen LogP contribution in [-0.4, -0.2) is 0 Å². The Balaban J connectivity index is 1.89. The zero-order valence-electron chi connectivity index (χ0n) is 22.4. The third kappa shape index (κ3) is 3.55. The van der Waals surface area contributed by atoms with Crippen LogP contribution >= 0.6 is 0 Å². The summed E-state index contributed by atoms with van der Waals surface area (Å²) in [6.07, 6.45) is 0. The van der Waals surface area contributed by atoms with Gasteiger partial charge in [-0.2, -0.15) is 21.0 Å². The van der Waals surface area contributed by atoms with E-state index in [4.69, 9.17) is 0 Å². The fourth-order valence-electron chi connectivity index (χ4n) is 5.47. The number of benzene rings is 3. The highest BCUT2D eigenvalue weighted by molar-refractivity contribution is 6.11. The van der Waals surface area contributed by atoms with Crippen LogP contribution in [0, 0.1) is 45.3 Å². The summed E-state index contributed by atoms with van der Waals surface area (Å²) in [6.45, 7) is 12.8. The first-order valence-electron chi connectivity index (χ1n) is 12.5. The van der Waals surface area contributed by atoms with Gasteiger partial charge in [-0.05, 0) is 90.7 Å². The Hall–Kier alpha value is -4.90. The van der Waals surface area contributed by atoms with Crippen LogP contribution in [0.25, 0.3) is 33.4 Å². The average Bonchev–Trinajstić information content (AvgIpc) is 3.35. The van der Waals surface area contributed by atoms with Crippen LogP contribution in [0.5, 0.6) is 0 Å². The molecule has 0 bridgehead atoms. The van der Waals surface area contributed by atoms with Crippen molar-refractivity contribution in [2.24, 2.45) is 0 Å². The number of fused-ring (bicyclic) bond motifs is 6. The lowest BCUT2D eigenvalue weighted by molar-refractivity contribution is 0.590. The minimum absolute atomic E-state index is 0.0721. The van der Waals surface area contributed by atoms with E-state index in [1.54, 1.807) is 0 Å². The molecule has 5 rings (SSSR count). The molecule has 0 fully saturated rings. The molecule has 0 heterocycles. The van der Waals surface area contributed by atoms with Crippen molar-refractivity contribution in [1.82, 2.24) is 0 Å². The normalized spacial score (nSPS) is 12.8. The fourth-order valence-corrected chi connectivity index (χ4v) is 5.47. The number of nitrogens with zero attached hydrogens (tertiary/aromatic N) is 4. The molecule has 3 aromatic rings. The first kappa shape index (κ1) is 24.8. The predicted octanol–water partition coefficient (Wildman–Crippen LogP) is 7.94. The molecule has 3 aromatic carbocycles. The lowest BCUT2D eigenvalue weighted by Gasteiger charge is -2.20. The molecule has 0 aliphatic heterocycles. The monoisotopic (exact) mass is 490 g/mol. The molecule has 0 amide bonds. The van der Waals surface area contributed by atoms with E-state index < -0.39 is 0 Å². The van der Waals surface area contributed by atoms with Crippen molar-refractivity contribution in [2.75, 3.05) is 0 Å². The lowest BCUT2D eigenvalue weighted by Crippen LogP contribution is -2.11. The molecular formula is C34H26N4. The van der Waals surface area contributed by atoms with E-state index in [-0.39, 0.29) is 22.0 Å². The molecule has 0 unspecified atom stereocenters. The molecule has 0 saturated heterocycles. The van der Waals surface area contributed by atoms with Crippen LogP contribution in [0.1, 0.15) is 74.9 Å². The largest absolute Gasteiger partial charge is 0.192 e. The molecule has 0 aromatic heterocycles. The molecule has 38 heavy (non-hydrogen) atoms. The van der Waals surface area contributed by atoms with Crippen LogP contribution in [0.3, 0.4) is 0 Å². The van der Waals surface area contributed by atoms with Crippen molar-refractivity contribution in [3.8, 4) is 46.5 Å². The number of nitriles is 4. The number of hydrogen-bond acceptors (Lipinski definition) is 4. The summed E-state index contributed by atoms with van der Waals surface area (Å²) in [5.41, 5.74) is 10.5. The van der Waals surface area contributed by atoms with Gasteiger partial charge in [0, 0.05) is 11.1 Å². The van der Waals surface area contributed by atoms with Gasteiger partial charge in [-0.3, -0.25) is 0 Å². The van der Waals surface area contributed by atoms with Crippen LogP contribution in [-0.2, 0) is 10.8 Å². The highest BCUT2D eigenvalue weighted by atomic mass is 14.4. The van der Waals surface area contributed by atoms with Gasteiger partial charge in [0.2, 0.25) is 0 Å². The van der Waals surface area contributed by atoms with Gasteiger partial charge < -0.3 is 0 Å². The molecule has 2 aliphatic carbocycles. The van der Waals surface area contributed by atoms with E-state index in [0.717, 1.165) is 55.6 Å². The predicted molar refractivity (Wildman–Crippen MR) is 149 cm³/mol. The Labute approximate surface area is 224 Å². The number of allylic oxidation sites excluding steroid dienone is 2. The van der Waals surface area contributed by atoms with Crippen LogP contribution in [0.15, 0.2) is 59.7 Å². The highest BCUT2D eigenvalue weighted by Crippen LogP contribution is 2.54. The van der Waals surface area contributed by atoms with Crippen molar-refractivity contribution in [3.63, 3.8) is 0 Å². The van der Waals surface area contributed by atoms with Gasteiger partial charge in [0.15, 0.2) is 0 Å². The topological polar surface area (TPSA) is 95.2 Å². The molecule has 0 N–H and O–H groups in total. The SMILES string of the molecule is CC(C)(C)c1ccc2c(c1)C(=C(C#N)C#N)c1cc3c(cc1-2)C(=C(C#N)C#N)c1cc(C(C)(C)C)ccc1-3. The fraction of sp³-hybridized carbons (Fsp3) is 0.235. The van der Waals surface area contributed by atoms with E-state index in [2.05, 4.69) is 102 Å². The number of hydrogen-bond donors (Lipinski definition) is 0. The molecular weight excluding hydrogens is 464 g/mol. The van der Waals surface area contributed by atoms with Gasteiger partial charge in [-0.1, -0.05) is 65.8 Å². The summed E-state index contributed by atoms with van der Waals surface area (Å²) in [7, 11) is 0. The molecule has 0 saturated carbocycles. The molecule has 4 heteroatoms. The van der Waals surface area contributed by atoms with E-state index in [1.807, 2.05) is 12.1 Å². The zero-order chi connectivity index (χ0) is 27.6. The Bertz CT molecular complexity index is 1640. The first-order chi connectivity index (χ1) is 17.9. The first-order valence-corrected chi connectivity index (χ1v) is 12.5. The maximum Gasteiger partial charge on any atom is 0.138 e. The van der Waals surface area contributed by atoms with Crippen LogP contribution in [0.4, 0.5) is 0 Å². The Morgan fingerprint density at radius 1 is 0.447 bits per heavy atom. The Morgan fingerprint density at radius 3 is 1.05 bits per heavy atom. The minimum Gasteiger partial charge on any atom is -0.192 e. The summed E-state index contributed by atoms with van der Waals surface area (Å²) in [5.74, 6) is 0. The summed E-state index contributed by atoms with van der Waals surface area (Å²) in [5, 5.41) is 39.6. The van der Waals surface area contributed by atoms with Crippen molar-refractivity contribution in [1.29, 1.82) is 21.0 Å². The van der Waals surface area contributed by atoms with Crippen LogP contribution < -0.4 is 0 Å². The quantitative estimate of drug-likeness (QED) is 0.206. The van der Waals surface area contributed by atoms with E-state index >= 15 is 0 Å². The molecule has 4 nitrogen and oxygen atoms in total. The second-order valence-electron chi connectivity index (χ2n) is 11.9. The third-order valence-electron chi connectivity index (χ3n) is 7.53. The van der Waals surface area contributed by atoms with E-state index in [1.165, 1.54) is 0 Å². The standard InChI is InChI=1S/C34H26N4/c1-33(2,3)21-7-9-23-25-13-30-26(14-29(25)31(27(23)11-21)19(15-35)16-36)24-10-8-22(34(4,5)6)12-28(24)32(30)20(17-37)18-38/h7-14H,1-6H3. The summed E-state index contributed by atoms with van der Waals surface area (Å²) in [4.78, 5) is 0. The molecule has 0 spiro atoms. The summed E-state index contributed by atoms with van der Waals surface area (Å²) >= 11 is 0. The summed E-state index contributed by atoms with van der Waals surface area (Å²) < 4.78 is 0. The van der Waals surface area contributed by atoms with Gasteiger partial charge >= 0.3 is 0 Å². The lowest BCUT2D eigenvalue weighted by atomic mass is 9.84. The van der Waals surface area contributed by atoms with Crippen molar-refractivity contribution in [3.05, 3.63) is 93.1 Å². The Kier molecular flexibility index (Phi) is 5.42. The highest BCUT2D eigenvalue weighted by Gasteiger charge is 2.34. The zero-order valence-corrected chi connectivity index (χ0v) is 22.4. The average molecular weight is 491 g/mol. The van der Waals surface area contributed by atoms with Gasteiger partial charge in [0.1, 0.15) is 35.4 Å². The summed E-state index contributed by atoms with van der Waals surface area (Å²) in [6, 6.07) is 25.0.